The minimum atomic E-state index is -4.74. The molecule has 0 aliphatic rings. The van der Waals surface area contributed by atoms with Gasteiger partial charge in [-0.3, -0.25) is 9.59 Å². The lowest BCUT2D eigenvalue weighted by Crippen LogP contribution is -2.27. The minimum Gasteiger partial charge on any atom is -0.465 e. The highest BCUT2D eigenvalue weighted by atomic mass is 35.5. The molecule has 2 rings (SSSR count). The number of aromatic nitrogens is 2. The van der Waals surface area contributed by atoms with Crippen LogP contribution in [0.15, 0.2) is 11.0 Å². The van der Waals surface area contributed by atoms with Crippen LogP contribution in [-0.4, -0.2) is 22.4 Å². The average molecular weight is 413 g/mol. The molecule has 0 bridgehead atoms. The summed E-state index contributed by atoms with van der Waals surface area (Å²) >= 11 is 6.62. The molecule has 2 aromatic rings. The fourth-order valence-corrected chi connectivity index (χ4v) is 3.40. The van der Waals surface area contributed by atoms with Gasteiger partial charge in [-0.25, -0.2) is 4.39 Å². The van der Waals surface area contributed by atoms with E-state index in [2.05, 4.69) is 5.10 Å². The number of nitrogens with zero attached hydrogens (tertiary/aromatic N) is 2. The van der Waals surface area contributed by atoms with Crippen molar-refractivity contribution < 1.29 is 27.1 Å². The summed E-state index contributed by atoms with van der Waals surface area (Å²) < 4.78 is 58.4. The Hall–Kier alpha value is -1.94. The second-order valence-corrected chi connectivity index (χ2v) is 6.80. The Morgan fingerprint density at radius 1 is 1.42 bits per heavy atom. The first-order chi connectivity index (χ1) is 12.1. The first-order valence-electron chi connectivity index (χ1n) is 7.36. The van der Waals surface area contributed by atoms with E-state index in [1.165, 1.54) is 0 Å². The van der Waals surface area contributed by atoms with Crippen LogP contribution in [-0.2, 0) is 22.1 Å². The molecule has 0 aliphatic heterocycles. The molecule has 0 aromatic carbocycles. The maximum absolute atomic E-state index is 14.6. The van der Waals surface area contributed by atoms with Gasteiger partial charge in [0, 0.05) is 24.0 Å². The average Bonchev–Trinajstić information content (AvgIpc) is 2.83. The predicted octanol–water partition coefficient (Wildman–Crippen LogP) is 3.91. The molecule has 11 heteroatoms. The molecule has 5 nitrogen and oxygen atoms in total. The minimum absolute atomic E-state index is 0.00169. The lowest BCUT2D eigenvalue weighted by molar-refractivity contribution is -0.143. The molecule has 0 fully saturated rings. The van der Waals surface area contributed by atoms with Gasteiger partial charge in [0.15, 0.2) is 10.8 Å². The molecule has 0 radical (unpaired) electrons. The SMILES string of the molecule is CCC(=O)OCCc1c(Cl)sc(-n2ncc(C(F)(F)F)c(C)c2=O)c1F. The van der Waals surface area contributed by atoms with E-state index < -0.39 is 34.6 Å². The van der Waals surface area contributed by atoms with Crippen LogP contribution in [0.25, 0.3) is 5.00 Å². The van der Waals surface area contributed by atoms with Crippen molar-refractivity contribution in [3.05, 3.63) is 43.4 Å². The molecule has 0 N–H and O–H groups in total. The fourth-order valence-electron chi connectivity index (χ4n) is 2.09. The summed E-state index contributed by atoms with van der Waals surface area (Å²) in [4.78, 5) is 23.3. The Bertz CT molecular complexity index is 892. The Morgan fingerprint density at radius 2 is 2.08 bits per heavy atom. The van der Waals surface area contributed by atoms with Gasteiger partial charge < -0.3 is 4.74 Å². The third-order valence-corrected chi connectivity index (χ3v) is 4.93. The highest BCUT2D eigenvalue weighted by Crippen LogP contribution is 2.35. The zero-order valence-electron chi connectivity index (χ0n) is 13.6. The zero-order chi connectivity index (χ0) is 19.6. The van der Waals surface area contributed by atoms with Crippen LogP contribution >= 0.6 is 22.9 Å². The van der Waals surface area contributed by atoms with E-state index in [0.29, 0.717) is 22.2 Å². The Labute approximate surface area is 154 Å². The Kier molecular flexibility index (Phi) is 6.07. The topological polar surface area (TPSA) is 61.2 Å². The predicted molar refractivity (Wildman–Crippen MR) is 87.4 cm³/mol. The standard InChI is InChI=1S/C15H13ClF4N2O3S/c1-3-10(23)25-5-4-8-11(17)14(26-12(8)16)22-13(24)7(2)9(6-21-22)15(18,19)20/h6H,3-5H2,1-2H3. The number of hydrogen-bond acceptors (Lipinski definition) is 5. The molecule has 0 saturated carbocycles. The fraction of sp³-hybridized carbons (Fsp3) is 0.400. The number of ether oxygens (including phenoxy) is 1. The van der Waals surface area contributed by atoms with Gasteiger partial charge in [0.25, 0.3) is 5.56 Å². The van der Waals surface area contributed by atoms with E-state index in [-0.39, 0.29) is 34.3 Å². The summed E-state index contributed by atoms with van der Waals surface area (Å²) in [6.07, 6.45) is -4.15. The molecular formula is C15H13ClF4N2O3S. The highest BCUT2D eigenvalue weighted by Gasteiger charge is 2.35. The lowest BCUT2D eigenvalue weighted by Gasteiger charge is -2.10. The summed E-state index contributed by atoms with van der Waals surface area (Å²) in [5, 5.41) is 3.10. The van der Waals surface area contributed by atoms with Gasteiger partial charge in [0.2, 0.25) is 0 Å². The van der Waals surface area contributed by atoms with Gasteiger partial charge in [-0.1, -0.05) is 18.5 Å². The third-order valence-electron chi connectivity index (χ3n) is 3.50. The van der Waals surface area contributed by atoms with Crippen molar-refractivity contribution in [2.24, 2.45) is 0 Å². The molecule has 0 unspecified atom stereocenters. The van der Waals surface area contributed by atoms with E-state index in [0.717, 1.165) is 6.92 Å². The van der Waals surface area contributed by atoms with Crippen molar-refractivity contribution in [2.45, 2.75) is 32.9 Å². The molecule has 0 amide bonds. The quantitative estimate of drug-likeness (QED) is 0.552. The van der Waals surface area contributed by atoms with Crippen LogP contribution in [0.2, 0.25) is 4.34 Å². The maximum Gasteiger partial charge on any atom is 0.418 e. The first-order valence-corrected chi connectivity index (χ1v) is 8.56. The van der Waals surface area contributed by atoms with E-state index in [4.69, 9.17) is 16.3 Å². The number of esters is 1. The van der Waals surface area contributed by atoms with Crippen molar-refractivity contribution in [1.82, 2.24) is 9.78 Å². The number of alkyl halides is 3. The molecule has 26 heavy (non-hydrogen) atoms. The number of carbonyl (C=O) groups excluding carboxylic acids is 1. The lowest BCUT2D eigenvalue weighted by atomic mass is 10.2. The van der Waals surface area contributed by atoms with E-state index in [1.807, 2.05) is 0 Å². The van der Waals surface area contributed by atoms with Crippen LogP contribution in [0.1, 0.15) is 30.0 Å². The van der Waals surface area contributed by atoms with Gasteiger partial charge in [0.1, 0.15) is 4.34 Å². The molecule has 2 aromatic heterocycles. The van der Waals surface area contributed by atoms with Crippen LogP contribution in [0, 0.1) is 12.7 Å². The van der Waals surface area contributed by atoms with Crippen molar-refractivity contribution in [2.75, 3.05) is 6.61 Å². The van der Waals surface area contributed by atoms with Crippen molar-refractivity contribution in [3.63, 3.8) is 0 Å². The highest BCUT2D eigenvalue weighted by molar-refractivity contribution is 7.18. The number of halogens is 5. The van der Waals surface area contributed by atoms with E-state index in [9.17, 15) is 27.2 Å². The molecule has 142 valence electrons. The molecule has 0 spiro atoms. The summed E-state index contributed by atoms with van der Waals surface area (Å²) in [7, 11) is 0. The number of hydrogen-bond donors (Lipinski definition) is 0. The van der Waals surface area contributed by atoms with E-state index >= 15 is 0 Å². The number of carbonyl (C=O) groups is 1. The summed E-state index contributed by atoms with van der Waals surface area (Å²) in [5.41, 5.74) is -2.88. The normalized spacial score (nSPS) is 11.7. The molecule has 0 saturated heterocycles. The van der Waals surface area contributed by atoms with Crippen LogP contribution in [0.4, 0.5) is 17.6 Å². The van der Waals surface area contributed by atoms with Crippen LogP contribution in [0.5, 0.6) is 0 Å². The monoisotopic (exact) mass is 412 g/mol. The van der Waals surface area contributed by atoms with Gasteiger partial charge in [0.05, 0.1) is 18.4 Å². The smallest absolute Gasteiger partial charge is 0.418 e. The summed E-state index contributed by atoms with van der Waals surface area (Å²) in [6, 6.07) is 0. The molecule has 0 atom stereocenters. The molecule has 2 heterocycles. The maximum atomic E-state index is 14.6. The second kappa shape index (κ2) is 7.75. The van der Waals surface area contributed by atoms with Gasteiger partial charge in [-0.05, 0) is 6.92 Å². The van der Waals surface area contributed by atoms with Crippen LogP contribution in [0.3, 0.4) is 0 Å². The first kappa shape index (κ1) is 20.4. The van der Waals surface area contributed by atoms with Crippen molar-refractivity contribution in [3.8, 4) is 5.00 Å². The van der Waals surface area contributed by atoms with Gasteiger partial charge >= 0.3 is 12.1 Å². The van der Waals surface area contributed by atoms with Gasteiger partial charge in [-0.15, -0.1) is 11.3 Å². The second-order valence-electron chi connectivity index (χ2n) is 5.20. The number of thiophene rings is 1. The Morgan fingerprint density at radius 3 is 2.65 bits per heavy atom. The third kappa shape index (κ3) is 4.07. The van der Waals surface area contributed by atoms with E-state index in [1.54, 1.807) is 6.92 Å². The summed E-state index contributed by atoms with van der Waals surface area (Å²) in [5.74, 6) is -1.35. The largest absolute Gasteiger partial charge is 0.465 e. The zero-order valence-corrected chi connectivity index (χ0v) is 15.2. The van der Waals surface area contributed by atoms with Crippen molar-refractivity contribution >= 4 is 28.9 Å². The summed E-state index contributed by atoms with van der Waals surface area (Å²) in [6.45, 7) is 2.47. The van der Waals surface area contributed by atoms with Crippen molar-refractivity contribution in [1.29, 1.82) is 0 Å². The Balaban J connectivity index is 2.39. The molecular weight excluding hydrogens is 400 g/mol. The molecule has 0 aliphatic carbocycles. The number of rotatable bonds is 5. The van der Waals surface area contributed by atoms with Crippen LogP contribution < -0.4 is 5.56 Å². The van der Waals surface area contributed by atoms with Gasteiger partial charge in [-0.2, -0.15) is 23.0 Å².